The summed E-state index contributed by atoms with van der Waals surface area (Å²) in [4.78, 5) is 2.51. The standard InChI is InChI=1S/C13H17ClN2/c1-8-3-10-5-11-7-15-6-9(2)16(11)13(10)12(14)4-8/h3-4,9,11,15H,5-7H2,1-2H3. The molecule has 1 aromatic carbocycles. The molecular weight excluding hydrogens is 220 g/mol. The lowest BCUT2D eigenvalue weighted by Crippen LogP contribution is -2.54. The van der Waals surface area contributed by atoms with E-state index < -0.39 is 0 Å². The molecule has 0 bridgehead atoms. The number of hydrogen-bond donors (Lipinski definition) is 1. The number of aryl methyl sites for hydroxylation is 1. The Labute approximate surface area is 102 Å². The fourth-order valence-electron chi connectivity index (χ4n) is 3.09. The molecule has 3 heteroatoms. The van der Waals surface area contributed by atoms with Gasteiger partial charge >= 0.3 is 0 Å². The van der Waals surface area contributed by atoms with Crippen molar-refractivity contribution in [2.45, 2.75) is 32.4 Å². The molecule has 2 aliphatic heterocycles. The van der Waals surface area contributed by atoms with E-state index in [0.29, 0.717) is 12.1 Å². The van der Waals surface area contributed by atoms with Gasteiger partial charge in [0, 0.05) is 25.2 Å². The van der Waals surface area contributed by atoms with Gasteiger partial charge in [-0.15, -0.1) is 0 Å². The minimum absolute atomic E-state index is 0.542. The highest BCUT2D eigenvalue weighted by Gasteiger charge is 2.36. The van der Waals surface area contributed by atoms with Crippen LogP contribution in [0.2, 0.25) is 5.02 Å². The first kappa shape index (κ1) is 10.4. The summed E-state index contributed by atoms with van der Waals surface area (Å²) < 4.78 is 0. The third-order valence-electron chi connectivity index (χ3n) is 3.69. The van der Waals surface area contributed by atoms with Gasteiger partial charge in [0.05, 0.1) is 10.7 Å². The van der Waals surface area contributed by atoms with Crippen molar-refractivity contribution in [3.05, 3.63) is 28.3 Å². The monoisotopic (exact) mass is 236 g/mol. The van der Waals surface area contributed by atoms with Crippen molar-refractivity contribution in [3.63, 3.8) is 0 Å². The van der Waals surface area contributed by atoms with Gasteiger partial charge in [0.15, 0.2) is 0 Å². The van der Waals surface area contributed by atoms with Crippen molar-refractivity contribution in [2.75, 3.05) is 18.0 Å². The van der Waals surface area contributed by atoms with Crippen LogP contribution in [0.5, 0.6) is 0 Å². The average molecular weight is 237 g/mol. The summed E-state index contributed by atoms with van der Waals surface area (Å²) >= 11 is 6.40. The van der Waals surface area contributed by atoms with Crippen LogP contribution in [0.1, 0.15) is 18.1 Å². The average Bonchev–Trinajstić information content (AvgIpc) is 2.56. The fraction of sp³-hybridized carbons (Fsp3) is 0.538. The predicted molar refractivity (Wildman–Crippen MR) is 68.5 cm³/mol. The molecule has 1 saturated heterocycles. The van der Waals surface area contributed by atoms with E-state index in [2.05, 4.69) is 36.2 Å². The smallest absolute Gasteiger partial charge is 0.0645 e. The predicted octanol–water partition coefficient (Wildman–Crippen LogP) is 2.37. The Hall–Kier alpha value is -0.730. The number of nitrogens with zero attached hydrogens (tertiary/aromatic N) is 1. The molecule has 2 atom stereocenters. The molecule has 86 valence electrons. The maximum Gasteiger partial charge on any atom is 0.0645 e. The zero-order valence-corrected chi connectivity index (χ0v) is 10.5. The Kier molecular flexibility index (Phi) is 2.37. The number of halogens is 1. The summed E-state index contributed by atoms with van der Waals surface area (Å²) in [5.74, 6) is 0. The second-order valence-corrected chi connectivity index (χ2v) is 5.43. The van der Waals surface area contributed by atoms with Crippen LogP contribution in [-0.2, 0) is 6.42 Å². The lowest BCUT2D eigenvalue weighted by atomic mass is 10.1. The van der Waals surface area contributed by atoms with Gasteiger partial charge in [-0.2, -0.15) is 0 Å². The molecule has 0 aromatic heterocycles. The van der Waals surface area contributed by atoms with Gasteiger partial charge in [-0.3, -0.25) is 0 Å². The zero-order valence-electron chi connectivity index (χ0n) is 9.76. The van der Waals surface area contributed by atoms with Crippen molar-refractivity contribution >= 4 is 17.3 Å². The van der Waals surface area contributed by atoms with E-state index in [9.17, 15) is 0 Å². The van der Waals surface area contributed by atoms with E-state index in [0.717, 1.165) is 24.5 Å². The Morgan fingerprint density at radius 1 is 1.38 bits per heavy atom. The lowest BCUT2D eigenvalue weighted by molar-refractivity contribution is 0.430. The summed E-state index contributed by atoms with van der Waals surface area (Å²) in [6, 6.07) is 5.50. The van der Waals surface area contributed by atoms with Gasteiger partial charge in [-0.25, -0.2) is 0 Å². The molecule has 1 N–H and O–H groups in total. The Morgan fingerprint density at radius 3 is 3.00 bits per heavy atom. The molecule has 0 spiro atoms. The zero-order chi connectivity index (χ0) is 11.3. The van der Waals surface area contributed by atoms with Crippen LogP contribution in [0.4, 0.5) is 5.69 Å². The van der Waals surface area contributed by atoms with E-state index >= 15 is 0 Å². The van der Waals surface area contributed by atoms with Crippen LogP contribution >= 0.6 is 11.6 Å². The summed E-state index contributed by atoms with van der Waals surface area (Å²) in [5, 5.41) is 4.41. The third kappa shape index (κ3) is 1.44. The Morgan fingerprint density at radius 2 is 2.19 bits per heavy atom. The van der Waals surface area contributed by atoms with Crippen LogP contribution < -0.4 is 10.2 Å². The summed E-state index contributed by atoms with van der Waals surface area (Å²) in [7, 11) is 0. The maximum atomic E-state index is 6.40. The fourth-order valence-corrected chi connectivity index (χ4v) is 3.49. The molecule has 2 nitrogen and oxygen atoms in total. The summed E-state index contributed by atoms with van der Waals surface area (Å²) in [6.45, 7) is 6.52. The van der Waals surface area contributed by atoms with E-state index in [1.54, 1.807) is 0 Å². The number of fused-ring (bicyclic) bond motifs is 3. The molecule has 0 aliphatic carbocycles. The molecule has 2 aliphatic rings. The van der Waals surface area contributed by atoms with E-state index in [-0.39, 0.29) is 0 Å². The number of hydrogen-bond acceptors (Lipinski definition) is 2. The largest absolute Gasteiger partial charge is 0.362 e. The number of rotatable bonds is 0. The first-order valence-corrected chi connectivity index (χ1v) is 6.32. The van der Waals surface area contributed by atoms with E-state index in [4.69, 9.17) is 11.6 Å². The molecular formula is C13H17ClN2. The van der Waals surface area contributed by atoms with Crippen molar-refractivity contribution in [1.82, 2.24) is 5.32 Å². The molecule has 3 rings (SSSR count). The van der Waals surface area contributed by atoms with Gasteiger partial charge in [-0.05, 0) is 37.5 Å². The highest BCUT2D eigenvalue weighted by atomic mass is 35.5. The second kappa shape index (κ2) is 3.64. The number of nitrogens with one attached hydrogen (secondary N) is 1. The highest BCUT2D eigenvalue weighted by molar-refractivity contribution is 6.33. The van der Waals surface area contributed by atoms with Gasteiger partial charge in [0.1, 0.15) is 0 Å². The quantitative estimate of drug-likeness (QED) is 0.744. The summed E-state index contributed by atoms with van der Waals surface area (Å²) in [6.07, 6.45) is 1.13. The van der Waals surface area contributed by atoms with Crippen LogP contribution in [0.25, 0.3) is 0 Å². The third-order valence-corrected chi connectivity index (χ3v) is 3.98. The van der Waals surface area contributed by atoms with E-state index in [1.165, 1.54) is 16.8 Å². The molecule has 2 heterocycles. The number of anilines is 1. The van der Waals surface area contributed by atoms with Crippen LogP contribution in [0, 0.1) is 6.92 Å². The van der Waals surface area contributed by atoms with Crippen LogP contribution in [-0.4, -0.2) is 25.2 Å². The molecule has 0 amide bonds. The first-order chi connectivity index (χ1) is 7.66. The Bertz CT molecular complexity index is 430. The lowest BCUT2D eigenvalue weighted by Gasteiger charge is -2.38. The van der Waals surface area contributed by atoms with Crippen LogP contribution in [0.15, 0.2) is 12.1 Å². The normalized spacial score (nSPS) is 27.8. The minimum Gasteiger partial charge on any atom is -0.362 e. The van der Waals surface area contributed by atoms with Crippen molar-refractivity contribution in [3.8, 4) is 0 Å². The van der Waals surface area contributed by atoms with Gasteiger partial charge in [-0.1, -0.05) is 17.7 Å². The van der Waals surface area contributed by atoms with Crippen LogP contribution in [0.3, 0.4) is 0 Å². The van der Waals surface area contributed by atoms with Crippen molar-refractivity contribution < 1.29 is 0 Å². The molecule has 1 aromatic rings. The molecule has 16 heavy (non-hydrogen) atoms. The first-order valence-electron chi connectivity index (χ1n) is 5.95. The molecule has 1 fully saturated rings. The molecule has 0 radical (unpaired) electrons. The van der Waals surface area contributed by atoms with Gasteiger partial charge < -0.3 is 10.2 Å². The second-order valence-electron chi connectivity index (χ2n) is 5.03. The SMILES string of the molecule is Cc1cc(Cl)c2c(c1)CC1CNCC(C)N21. The molecule has 0 saturated carbocycles. The van der Waals surface area contributed by atoms with Gasteiger partial charge in [0.2, 0.25) is 0 Å². The minimum atomic E-state index is 0.542. The van der Waals surface area contributed by atoms with Gasteiger partial charge in [0.25, 0.3) is 0 Å². The number of piperazine rings is 1. The summed E-state index contributed by atoms with van der Waals surface area (Å²) in [5.41, 5.74) is 3.97. The maximum absolute atomic E-state index is 6.40. The Balaban J connectivity index is 2.10. The van der Waals surface area contributed by atoms with Crippen molar-refractivity contribution in [1.29, 1.82) is 0 Å². The molecule has 2 unspecified atom stereocenters. The number of benzene rings is 1. The van der Waals surface area contributed by atoms with Crippen molar-refractivity contribution in [2.24, 2.45) is 0 Å². The van der Waals surface area contributed by atoms with E-state index in [1.807, 2.05) is 0 Å². The highest BCUT2D eigenvalue weighted by Crippen LogP contribution is 2.40. The topological polar surface area (TPSA) is 15.3 Å².